The lowest BCUT2D eigenvalue weighted by molar-refractivity contribution is 0.0702. The van der Waals surface area contributed by atoms with Gasteiger partial charge >= 0.3 is 0 Å². The Balaban J connectivity index is 1.59. The number of pyridine rings is 1. The Kier molecular flexibility index (Phi) is 5.61. The number of likely N-dealkylation sites (tertiary alicyclic amines) is 1. The predicted octanol–water partition coefficient (Wildman–Crippen LogP) is 5.09. The number of carbonyl (C=O) groups is 1. The molecule has 4 heteroatoms. The van der Waals surface area contributed by atoms with Crippen molar-refractivity contribution >= 4 is 5.91 Å². The average molecular weight is 386 g/mol. The number of amides is 1. The molecule has 0 spiro atoms. The number of para-hydroxylation sites is 1. The van der Waals surface area contributed by atoms with E-state index in [4.69, 9.17) is 9.72 Å². The van der Waals surface area contributed by atoms with Gasteiger partial charge in [0.05, 0.1) is 12.7 Å². The van der Waals surface area contributed by atoms with Crippen LogP contribution in [0.5, 0.6) is 5.75 Å². The van der Waals surface area contributed by atoms with Crippen LogP contribution in [0, 0.1) is 6.92 Å². The van der Waals surface area contributed by atoms with Gasteiger partial charge in [0.15, 0.2) is 0 Å². The van der Waals surface area contributed by atoms with Crippen molar-refractivity contribution < 1.29 is 9.53 Å². The van der Waals surface area contributed by atoms with Crippen molar-refractivity contribution in [2.45, 2.75) is 25.7 Å². The fraction of sp³-hybridized carbons (Fsp3) is 0.280. The van der Waals surface area contributed by atoms with Gasteiger partial charge in [-0.2, -0.15) is 0 Å². The summed E-state index contributed by atoms with van der Waals surface area (Å²) in [5.41, 5.74) is 5.08. The van der Waals surface area contributed by atoms with Crippen molar-refractivity contribution in [2.24, 2.45) is 0 Å². The van der Waals surface area contributed by atoms with Crippen LogP contribution in [-0.2, 0) is 0 Å². The Hall–Kier alpha value is -3.14. The van der Waals surface area contributed by atoms with Crippen LogP contribution in [0.3, 0.4) is 0 Å². The van der Waals surface area contributed by atoms with E-state index >= 15 is 0 Å². The number of hydrogen-bond acceptors (Lipinski definition) is 3. The van der Waals surface area contributed by atoms with Crippen molar-refractivity contribution in [1.82, 2.24) is 9.88 Å². The molecule has 2 aromatic carbocycles. The van der Waals surface area contributed by atoms with Crippen molar-refractivity contribution in [2.75, 3.05) is 20.2 Å². The van der Waals surface area contributed by atoms with E-state index in [1.807, 2.05) is 42.2 Å². The number of ether oxygens (including phenoxy) is 1. The maximum atomic E-state index is 13.1. The molecule has 0 unspecified atom stereocenters. The van der Waals surface area contributed by atoms with Crippen LogP contribution in [0.2, 0.25) is 0 Å². The number of methoxy groups -OCH3 is 1. The van der Waals surface area contributed by atoms with E-state index in [1.54, 1.807) is 7.11 Å². The molecule has 1 fully saturated rings. The SMILES string of the molecule is COc1ccccc1C(=O)N1CCC[C@@H](c2cc(-c3ccccc3)cc(C)n2)C1. The second kappa shape index (κ2) is 8.48. The van der Waals surface area contributed by atoms with Crippen molar-refractivity contribution in [3.63, 3.8) is 0 Å². The number of carbonyl (C=O) groups excluding carboxylic acids is 1. The Labute approximate surface area is 172 Å². The molecule has 1 saturated heterocycles. The van der Waals surface area contributed by atoms with Crippen molar-refractivity contribution in [3.05, 3.63) is 83.7 Å². The topological polar surface area (TPSA) is 42.4 Å². The lowest BCUT2D eigenvalue weighted by Crippen LogP contribution is -2.39. The molecule has 0 bridgehead atoms. The van der Waals surface area contributed by atoms with Crippen LogP contribution in [0.25, 0.3) is 11.1 Å². The van der Waals surface area contributed by atoms with Crippen LogP contribution in [0.1, 0.15) is 40.5 Å². The highest BCUT2D eigenvalue weighted by Gasteiger charge is 2.28. The van der Waals surface area contributed by atoms with Gasteiger partial charge in [0, 0.05) is 30.4 Å². The Morgan fingerprint density at radius 3 is 2.59 bits per heavy atom. The molecule has 0 aliphatic carbocycles. The van der Waals surface area contributed by atoms with E-state index in [0.717, 1.165) is 30.8 Å². The van der Waals surface area contributed by atoms with Crippen LogP contribution >= 0.6 is 0 Å². The Morgan fingerprint density at radius 1 is 1.03 bits per heavy atom. The first-order chi connectivity index (χ1) is 14.2. The molecule has 0 saturated carbocycles. The molecule has 29 heavy (non-hydrogen) atoms. The molecule has 1 aliphatic rings. The molecule has 148 valence electrons. The highest BCUT2D eigenvalue weighted by molar-refractivity contribution is 5.97. The molecule has 2 heterocycles. The number of piperidine rings is 1. The summed E-state index contributed by atoms with van der Waals surface area (Å²) in [5.74, 6) is 0.896. The summed E-state index contributed by atoms with van der Waals surface area (Å²) < 4.78 is 5.39. The minimum atomic E-state index is 0.0306. The summed E-state index contributed by atoms with van der Waals surface area (Å²) in [7, 11) is 1.60. The standard InChI is InChI=1S/C25H26N2O2/c1-18-15-21(19-9-4-3-5-10-19)16-23(26-18)20-11-8-14-27(17-20)25(28)22-12-6-7-13-24(22)29-2/h3-7,9-10,12-13,15-16,20H,8,11,14,17H2,1-2H3/t20-/m1/s1. The van der Waals surface area contributed by atoms with E-state index < -0.39 is 0 Å². The molecular formula is C25H26N2O2. The minimum absolute atomic E-state index is 0.0306. The summed E-state index contributed by atoms with van der Waals surface area (Å²) >= 11 is 0. The molecule has 3 aromatic rings. The molecule has 1 aromatic heterocycles. The summed E-state index contributed by atoms with van der Waals surface area (Å²) in [6, 6.07) is 22.1. The minimum Gasteiger partial charge on any atom is -0.496 e. The van der Waals surface area contributed by atoms with Gasteiger partial charge in [-0.25, -0.2) is 0 Å². The zero-order valence-electron chi connectivity index (χ0n) is 17.0. The molecule has 1 aliphatic heterocycles. The average Bonchev–Trinajstić information content (AvgIpc) is 2.79. The van der Waals surface area contributed by atoms with Crippen LogP contribution in [0.15, 0.2) is 66.7 Å². The Bertz CT molecular complexity index is 1000. The lowest BCUT2D eigenvalue weighted by Gasteiger charge is -2.33. The summed E-state index contributed by atoms with van der Waals surface area (Å²) in [6.07, 6.45) is 2.02. The summed E-state index contributed by atoms with van der Waals surface area (Å²) in [4.78, 5) is 19.9. The van der Waals surface area contributed by atoms with Crippen LogP contribution in [-0.4, -0.2) is 36.0 Å². The molecule has 4 nitrogen and oxygen atoms in total. The van der Waals surface area contributed by atoms with Gasteiger partial charge in [-0.15, -0.1) is 0 Å². The Morgan fingerprint density at radius 2 is 1.79 bits per heavy atom. The number of rotatable bonds is 4. The quantitative estimate of drug-likeness (QED) is 0.627. The lowest BCUT2D eigenvalue weighted by atomic mass is 9.91. The van der Waals surface area contributed by atoms with E-state index in [-0.39, 0.29) is 11.8 Å². The molecular weight excluding hydrogens is 360 g/mol. The van der Waals surface area contributed by atoms with Crippen LogP contribution in [0.4, 0.5) is 0 Å². The highest BCUT2D eigenvalue weighted by atomic mass is 16.5. The maximum Gasteiger partial charge on any atom is 0.257 e. The monoisotopic (exact) mass is 386 g/mol. The van der Waals surface area contributed by atoms with Gasteiger partial charge < -0.3 is 9.64 Å². The van der Waals surface area contributed by atoms with Crippen LogP contribution < -0.4 is 4.74 Å². The van der Waals surface area contributed by atoms with Crippen molar-refractivity contribution in [3.8, 4) is 16.9 Å². The number of benzene rings is 2. The van der Waals surface area contributed by atoms with Gasteiger partial charge in [0.2, 0.25) is 0 Å². The molecule has 0 radical (unpaired) electrons. The number of aromatic nitrogens is 1. The summed E-state index contributed by atoms with van der Waals surface area (Å²) in [6.45, 7) is 3.49. The van der Waals surface area contributed by atoms with Gasteiger partial charge in [-0.3, -0.25) is 9.78 Å². The third-order valence-electron chi connectivity index (χ3n) is 5.54. The third kappa shape index (κ3) is 4.16. The fourth-order valence-electron chi connectivity index (χ4n) is 4.10. The maximum absolute atomic E-state index is 13.1. The van der Waals surface area contributed by atoms with E-state index in [1.165, 1.54) is 11.1 Å². The number of aryl methyl sites for hydroxylation is 1. The second-order valence-electron chi connectivity index (χ2n) is 7.58. The highest BCUT2D eigenvalue weighted by Crippen LogP contribution is 2.31. The normalized spacial score (nSPS) is 16.5. The number of hydrogen-bond donors (Lipinski definition) is 0. The van der Waals surface area contributed by atoms with Gasteiger partial charge in [0.25, 0.3) is 5.91 Å². The fourth-order valence-corrected chi connectivity index (χ4v) is 4.10. The first kappa shape index (κ1) is 19.2. The zero-order chi connectivity index (χ0) is 20.2. The van der Waals surface area contributed by atoms with E-state index in [2.05, 4.69) is 36.4 Å². The molecule has 1 atom stereocenters. The molecule has 1 amide bonds. The second-order valence-corrected chi connectivity index (χ2v) is 7.58. The third-order valence-corrected chi connectivity index (χ3v) is 5.54. The number of nitrogens with zero attached hydrogens (tertiary/aromatic N) is 2. The smallest absolute Gasteiger partial charge is 0.257 e. The largest absolute Gasteiger partial charge is 0.496 e. The zero-order valence-corrected chi connectivity index (χ0v) is 17.0. The summed E-state index contributed by atoms with van der Waals surface area (Å²) in [5, 5.41) is 0. The van der Waals surface area contributed by atoms with Gasteiger partial charge in [-0.1, -0.05) is 42.5 Å². The van der Waals surface area contributed by atoms with E-state index in [0.29, 0.717) is 17.9 Å². The van der Waals surface area contributed by atoms with Gasteiger partial charge in [0.1, 0.15) is 5.75 Å². The van der Waals surface area contributed by atoms with E-state index in [9.17, 15) is 4.79 Å². The predicted molar refractivity (Wildman–Crippen MR) is 115 cm³/mol. The molecule has 4 rings (SSSR count). The van der Waals surface area contributed by atoms with Crippen molar-refractivity contribution in [1.29, 1.82) is 0 Å². The first-order valence-electron chi connectivity index (χ1n) is 10.1. The molecule has 0 N–H and O–H groups in total. The first-order valence-corrected chi connectivity index (χ1v) is 10.1. The van der Waals surface area contributed by atoms with Gasteiger partial charge in [-0.05, 0) is 55.2 Å².